The molecule has 0 amide bonds. The van der Waals surface area contributed by atoms with Crippen molar-refractivity contribution in [2.45, 2.75) is 25.7 Å². The number of carbonyl (C=O) groups excluding carboxylic acids is 2. The average molecular weight is 322 g/mol. The van der Waals surface area contributed by atoms with E-state index in [0.29, 0.717) is 0 Å². The number of rotatable bonds is 8. The van der Waals surface area contributed by atoms with Gasteiger partial charge in [0.05, 0.1) is 0 Å². The third-order valence-corrected chi connectivity index (χ3v) is 3.68. The monoisotopic (exact) mass is 322 g/mol. The molecule has 0 saturated heterocycles. The molecule has 0 aliphatic heterocycles. The Morgan fingerprint density at radius 2 is 1.46 bits per heavy atom. The van der Waals surface area contributed by atoms with Gasteiger partial charge in [0.15, 0.2) is 0 Å². The predicted octanol–water partition coefficient (Wildman–Crippen LogP) is 4.29. The second kappa shape index (κ2) is 9.46. The van der Waals surface area contributed by atoms with Gasteiger partial charge in [-0.05, 0) is 24.5 Å². The Balaban J connectivity index is 1.96. The van der Waals surface area contributed by atoms with Crippen LogP contribution in [-0.2, 0) is 14.3 Å². The van der Waals surface area contributed by atoms with Gasteiger partial charge in [-0.1, -0.05) is 72.8 Å². The molecule has 2 aromatic carbocycles. The lowest BCUT2D eigenvalue weighted by Crippen LogP contribution is -2.08. The summed E-state index contributed by atoms with van der Waals surface area (Å²) in [6, 6.07) is 20.7. The van der Waals surface area contributed by atoms with Crippen LogP contribution in [0.1, 0.15) is 36.8 Å². The summed E-state index contributed by atoms with van der Waals surface area (Å²) in [6.07, 6.45) is 4.51. The van der Waals surface area contributed by atoms with Crippen molar-refractivity contribution in [1.29, 1.82) is 0 Å². The molecule has 0 spiro atoms. The van der Waals surface area contributed by atoms with Crippen LogP contribution in [0.3, 0.4) is 0 Å². The lowest BCUT2D eigenvalue weighted by atomic mass is 9.88. The molecule has 0 aliphatic rings. The first-order valence-electron chi connectivity index (χ1n) is 8.06. The molecule has 0 fully saturated rings. The van der Waals surface area contributed by atoms with E-state index in [1.807, 2.05) is 48.6 Å². The Bertz CT molecular complexity index is 635. The van der Waals surface area contributed by atoms with Crippen LogP contribution in [0.2, 0.25) is 0 Å². The van der Waals surface area contributed by atoms with Crippen LogP contribution >= 0.6 is 0 Å². The minimum atomic E-state index is -0.477. The summed E-state index contributed by atoms with van der Waals surface area (Å²) in [5.41, 5.74) is 2.50. The van der Waals surface area contributed by atoms with Crippen molar-refractivity contribution >= 4 is 11.8 Å². The van der Waals surface area contributed by atoms with Crippen LogP contribution in [0.25, 0.3) is 0 Å². The van der Waals surface area contributed by atoms with Gasteiger partial charge in [-0.15, -0.1) is 0 Å². The lowest BCUT2D eigenvalue weighted by Gasteiger charge is -2.16. The maximum Gasteiger partial charge on any atom is 0.313 e. The second-order valence-corrected chi connectivity index (χ2v) is 5.64. The van der Waals surface area contributed by atoms with Gasteiger partial charge in [-0.25, -0.2) is 0 Å². The largest absolute Gasteiger partial charge is 0.461 e. The van der Waals surface area contributed by atoms with Crippen molar-refractivity contribution in [3.8, 4) is 0 Å². The number of Topliss-reactive ketones (excluding diaryl/α,β-unsaturated/α-hetero) is 1. The van der Waals surface area contributed by atoms with Crippen molar-refractivity contribution in [3.63, 3.8) is 0 Å². The fourth-order valence-electron chi connectivity index (χ4n) is 2.53. The number of ketones is 1. The molecule has 0 radical (unpaired) electrons. The Hall–Kier alpha value is -2.68. The summed E-state index contributed by atoms with van der Waals surface area (Å²) in [6.45, 7) is 1.57. The summed E-state index contributed by atoms with van der Waals surface area (Å²) < 4.78 is 5.00. The Kier molecular flexibility index (Phi) is 6.96. The van der Waals surface area contributed by atoms with E-state index < -0.39 is 5.97 Å². The zero-order chi connectivity index (χ0) is 17.2. The molecular formula is C21H22O3. The molecule has 0 aliphatic carbocycles. The van der Waals surface area contributed by atoms with Crippen molar-refractivity contribution in [2.75, 3.05) is 6.61 Å². The van der Waals surface area contributed by atoms with Crippen LogP contribution in [0.4, 0.5) is 0 Å². The third-order valence-electron chi connectivity index (χ3n) is 3.68. The molecule has 0 unspecified atom stereocenters. The van der Waals surface area contributed by atoms with Crippen LogP contribution in [-0.4, -0.2) is 18.4 Å². The molecular weight excluding hydrogens is 300 g/mol. The standard InChI is InChI=1S/C21H22O3/c1-17(22)16-21(23)24-15-9-8-14-20(18-10-4-2-5-11-18)19-12-6-3-7-13-19/h2-13,20H,14-16H2,1H3. The fourth-order valence-corrected chi connectivity index (χ4v) is 2.53. The van der Waals surface area contributed by atoms with Crippen LogP contribution in [0.5, 0.6) is 0 Å². The van der Waals surface area contributed by atoms with Gasteiger partial charge in [-0.2, -0.15) is 0 Å². The highest BCUT2D eigenvalue weighted by Crippen LogP contribution is 2.28. The van der Waals surface area contributed by atoms with E-state index in [4.69, 9.17) is 4.74 Å². The molecule has 3 nitrogen and oxygen atoms in total. The Labute approximate surface area is 143 Å². The van der Waals surface area contributed by atoms with Crippen LogP contribution < -0.4 is 0 Å². The quantitative estimate of drug-likeness (QED) is 0.414. The molecule has 0 saturated carbocycles. The predicted molar refractivity (Wildman–Crippen MR) is 94.7 cm³/mol. The van der Waals surface area contributed by atoms with Crippen molar-refractivity contribution in [3.05, 3.63) is 83.9 Å². The van der Waals surface area contributed by atoms with Crippen molar-refractivity contribution < 1.29 is 14.3 Å². The molecule has 24 heavy (non-hydrogen) atoms. The highest BCUT2D eigenvalue weighted by molar-refractivity contribution is 5.94. The number of carbonyl (C=O) groups is 2. The SMILES string of the molecule is CC(=O)CC(=O)OCC=CCC(c1ccccc1)c1ccccc1. The summed E-state index contributed by atoms with van der Waals surface area (Å²) in [5, 5.41) is 0. The summed E-state index contributed by atoms with van der Waals surface area (Å²) in [5.74, 6) is -0.399. The average Bonchev–Trinajstić information content (AvgIpc) is 2.59. The van der Waals surface area contributed by atoms with E-state index in [1.54, 1.807) is 0 Å². The van der Waals surface area contributed by atoms with Gasteiger partial charge < -0.3 is 4.74 Å². The van der Waals surface area contributed by atoms with E-state index in [2.05, 4.69) is 24.3 Å². The summed E-state index contributed by atoms with van der Waals surface area (Å²) >= 11 is 0. The maximum atomic E-state index is 11.3. The highest BCUT2D eigenvalue weighted by Gasteiger charge is 2.11. The molecule has 124 valence electrons. The van der Waals surface area contributed by atoms with Crippen molar-refractivity contribution in [1.82, 2.24) is 0 Å². The maximum absolute atomic E-state index is 11.3. The number of hydrogen-bond acceptors (Lipinski definition) is 3. The number of hydrogen-bond donors (Lipinski definition) is 0. The van der Waals surface area contributed by atoms with E-state index in [9.17, 15) is 9.59 Å². The van der Waals surface area contributed by atoms with Gasteiger partial charge in [0.25, 0.3) is 0 Å². The lowest BCUT2D eigenvalue weighted by molar-refractivity contribution is -0.144. The molecule has 0 heterocycles. The third kappa shape index (κ3) is 5.84. The minimum Gasteiger partial charge on any atom is -0.461 e. The first-order valence-corrected chi connectivity index (χ1v) is 8.06. The molecule has 2 rings (SSSR count). The number of allylic oxidation sites excluding steroid dienone is 1. The van der Waals surface area contributed by atoms with Crippen LogP contribution in [0, 0.1) is 0 Å². The van der Waals surface area contributed by atoms with Gasteiger partial charge in [-0.3, -0.25) is 9.59 Å². The summed E-state index contributed by atoms with van der Waals surface area (Å²) in [4.78, 5) is 22.1. The highest BCUT2D eigenvalue weighted by atomic mass is 16.5. The number of esters is 1. The molecule has 3 heteroatoms. The van der Waals surface area contributed by atoms with Crippen LogP contribution in [0.15, 0.2) is 72.8 Å². The zero-order valence-corrected chi connectivity index (χ0v) is 13.9. The topological polar surface area (TPSA) is 43.4 Å². The van der Waals surface area contributed by atoms with E-state index in [0.717, 1.165) is 6.42 Å². The number of benzene rings is 2. The molecule has 0 N–H and O–H groups in total. The van der Waals surface area contributed by atoms with E-state index in [-0.39, 0.29) is 24.7 Å². The van der Waals surface area contributed by atoms with Gasteiger partial charge in [0, 0.05) is 5.92 Å². The van der Waals surface area contributed by atoms with Gasteiger partial charge in [0.2, 0.25) is 0 Å². The molecule has 2 aromatic rings. The van der Waals surface area contributed by atoms with Gasteiger partial charge >= 0.3 is 5.97 Å². The molecule has 0 bridgehead atoms. The normalized spacial score (nSPS) is 10.9. The first kappa shape index (κ1) is 17.7. The fraction of sp³-hybridized carbons (Fsp3) is 0.238. The Morgan fingerprint density at radius 3 is 1.96 bits per heavy atom. The van der Waals surface area contributed by atoms with Gasteiger partial charge in [0.1, 0.15) is 18.8 Å². The van der Waals surface area contributed by atoms with Crippen molar-refractivity contribution in [2.24, 2.45) is 0 Å². The summed E-state index contributed by atoms with van der Waals surface area (Å²) in [7, 11) is 0. The van der Waals surface area contributed by atoms with E-state index >= 15 is 0 Å². The molecule has 0 atom stereocenters. The molecule has 0 aromatic heterocycles. The Morgan fingerprint density at radius 1 is 0.917 bits per heavy atom. The second-order valence-electron chi connectivity index (χ2n) is 5.64. The minimum absolute atomic E-state index is 0.162. The van der Waals surface area contributed by atoms with E-state index in [1.165, 1.54) is 18.1 Å². The first-order chi connectivity index (χ1) is 11.7. The number of ether oxygens (including phenoxy) is 1. The zero-order valence-electron chi connectivity index (χ0n) is 13.9. The smallest absolute Gasteiger partial charge is 0.313 e.